The molecule has 0 saturated carbocycles. The van der Waals surface area contributed by atoms with Gasteiger partial charge >= 0.3 is 0 Å². The molecule has 1 saturated heterocycles. The summed E-state index contributed by atoms with van der Waals surface area (Å²) in [6.07, 6.45) is 3.33. The van der Waals surface area contributed by atoms with Gasteiger partial charge in [-0.2, -0.15) is 0 Å². The van der Waals surface area contributed by atoms with E-state index >= 15 is 0 Å². The Morgan fingerprint density at radius 1 is 1.38 bits per heavy atom. The van der Waals surface area contributed by atoms with Crippen molar-refractivity contribution in [1.82, 2.24) is 10.2 Å². The van der Waals surface area contributed by atoms with Gasteiger partial charge in [0.2, 0.25) is 11.8 Å². The lowest BCUT2D eigenvalue weighted by molar-refractivity contribution is -0.130. The van der Waals surface area contributed by atoms with Crippen LogP contribution in [0.4, 0.5) is 0 Å². The van der Waals surface area contributed by atoms with E-state index in [2.05, 4.69) is 5.32 Å². The standard InChI is InChI=1S/C11H21N3O2/c1-2-9(11(12)16)13-6-5-10(15)14-7-3-4-8-14/h9,13H,2-8H2,1H3,(H2,12,16). The molecular weight excluding hydrogens is 206 g/mol. The Balaban J connectivity index is 2.18. The molecule has 2 amide bonds. The second kappa shape index (κ2) is 6.48. The molecule has 92 valence electrons. The minimum atomic E-state index is -0.351. The molecule has 0 spiro atoms. The Morgan fingerprint density at radius 3 is 2.50 bits per heavy atom. The van der Waals surface area contributed by atoms with Gasteiger partial charge in [-0.05, 0) is 19.3 Å². The van der Waals surface area contributed by atoms with Crippen LogP contribution in [0.25, 0.3) is 0 Å². The van der Waals surface area contributed by atoms with Gasteiger partial charge in [-0.25, -0.2) is 0 Å². The lowest BCUT2D eigenvalue weighted by Gasteiger charge is -2.17. The van der Waals surface area contributed by atoms with E-state index in [1.807, 2.05) is 11.8 Å². The van der Waals surface area contributed by atoms with Crippen molar-refractivity contribution in [2.24, 2.45) is 5.73 Å². The number of nitrogens with one attached hydrogen (secondary N) is 1. The van der Waals surface area contributed by atoms with Crippen LogP contribution in [0.15, 0.2) is 0 Å². The Hall–Kier alpha value is -1.10. The third kappa shape index (κ3) is 3.81. The summed E-state index contributed by atoms with van der Waals surface area (Å²) in [5, 5.41) is 3.00. The quantitative estimate of drug-likeness (QED) is 0.662. The van der Waals surface area contributed by atoms with Crippen molar-refractivity contribution in [3.63, 3.8) is 0 Å². The van der Waals surface area contributed by atoms with Crippen molar-refractivity contribution in [2.75, 3.05) is 19.6 Å². The minimum Gasteiger partial charge on any atom is -0.368 e. The van der Waals surface area contributed by atoms with E-state index < -0.39 is 0 Å². The van der Waals surface area contributed by atoms with E-state index in [4.69, 9.17) is 5.73 Å². The molecule has 0 aliphatic carbocycles. The van der Waals surface area contributed by atoms with Crippen molar-refractivity contribution < 1.29 is 9.59 Å². The summed E-state index contributed by atoms with van der Waals surface area (Å²) in [6, 6.07) is -0.314. The monoisotopic (exact) mass is 227 g/mol. The van der Waals surface area contributed by atoms with Gasteiger partial charge in [0.25, 0.3) is 0 Å². The summed E-state index contributed by atoms with van der Waals surface area (Å²) in [7, 11) is 0. The summed E-state index contributed by atoms with van der Waals surface area (Å²) < 4.78 is 0. The number of nitrogens with two attached hydrogens (primary N) is 1. The maximum absolute atomic E-state index is 11.7. The van der Waals surface area contributed by atoms with Crippen LogP contribution in [0.5, 0.6) is 0 Å². The molecule has 0 aromatic rings. The maximum atomic E-state index is 11.7. The van der Waals surface area contributed by atoms with E-state index in [0.717, 1.165) is 25.9 Å². The summed E-state index contributed by atoms with van der Waals surface area (Å²) in [5.74, 6) is -0.180. The van der Waals surface area contributed by atoms with Crippen molar-refractivity contribution in [3.8, 4) is 0 Å². The number of hydrogen-bond acceptors (Lipinski definition) is 3. The van der Waals surface area contributed by atoms with Gasteiger partial charge in [-0.1, -0.05) is 6.92 Å². The lowest BCUT2D eigenvalue weighted by atomic mass is 10.2. The van der Waals surface area contributed by atoms with Gasteiger partial charge in [-0.15, -0.1) is 0 Å². The number of carbonyl (C=O) groups is 2. The molecule has 16 heavy (non-hydrogen) atoms. The first kappa shape index (κ1) is 13.0. The second-order valence-electron chi connectivity index (χ2n) is 4.16. The number of likely N-dealkylation sites (tertiary alicyclic amines) is 1. The average Bonchev–Trinajstić information content (AvgIpc) is 2.76. The topological polar surface area (TPSA) is 75.4 Å². The highest BCUT2D eigenvalue weighted by Crippen LogP contribution is 2.08. The average molecular weight is 227 g/mol. The highest BCUT2D eigenvalue weighted by atomic mass is 16.2. The Morgan fingerprint density at radius 2 is 2.00 bits per heavy atom. The Bertz CT molecular complexity index is 250. The summed E-state index contributed by atoms with van der Waals surface area (Å²) >= 11 is 0. The SMILES string of the molecule is CCC(NCCC(=O)N1CCCC1)C(N)=O. The lowest BCUT2D eigenvalue weighted by Crippen LogP contribution is -2.42. The minimum absolute atomic E-state index is 0.171. The van der Waals surface area contributed by atoms with Crippen LogP contribution in [-0.2, 0) is 9.59 Å². The fourth-order valence-electron chi connectivity index (χ4n) is 1.92. The van der Waals surface area contributed by atoms with Gasteiger partial charge < -0.3 is 16.0 Å². The number of hydrogen-bond donors (Lipinski definition) is 2. The maximum Gasteiger partial charge on any atom is 0.234 e. The normalized spacial score (nSPS) is 17.4. The van der Waals surface area contributed by atoms with Crippen LogP contribution in [0.2, 0.25) is 0 Å². The van der Waals surface area contributed by atoms with Crippen LogP contribution < -0.4 is 11.1 Å². The fraction of sp³-hybridized carbons (Fsp3) is 0.818. The Kier molecular flexibility index (Phi) is 5.25. The smallest absolute Gasteiger partial charge is 0.234 e. The molecular formula is C11H21N3O2. The number of amides is 2. The molecule has 0 bridgehead atoms. The van der Waals surface area contributed by atoms with Gasteiger partial charge in [0, 0.05) is 26.1 Å². The number of primary amides is 1. The summed E-state index contributed by atoms with van der Waals surface area (Å²) in [6.45, 7) is 4.18. The van der Waals surface area contributed by atoms with Crippen molar-refractivity contribution in [3.05, 3.63) is 0 Å². The highest BCUT2D eigenvalue weighted by Gasteiger charge is 2.18. The molecule has 1 rings (SSSR count). The molecule has 1 unspecified atom stereocenters. The first-order valence-corrected chi connectivity index (χ1v) is 5.95. The van der Waals surface area contributed by atoms with E-state index in [0.29, 0.717) is 19.4 Å². The van der Waals surface area contributed by atoms with E-state index in [1.165, 1.54) is 0 Å². The third-order valence-electron chi connectivity index (χ3n) is 2.94. The molecule has 0 aromatic heterocycles. The number of nitrogens with zero attached hydrogens (tertiary/aromatic N) is 1. The second-order valence-corrected chi connectivity index (χ2v) is 4.16. The zero-order valence-electron chi connectivity index (χ0n) is 9.87. The highest BCUT2D eigenvalue weighted by molar-refractivity contribution is 5.80. The number of carbonyl (C=O) groups excluding carboxylic acids is 2. The zero-order valence-corrected chi connectivity index (χ0v) is 9.87. The predicted octanol–water partition coefficient (Wildman–Crippen LogP) is -0.148. The van der Waals surface area contributed by atoms with Crippen LogP contribution in [-0.4, -0.2) is 42.4 Å². The molecule has 3 N–H and O–H groups in total. The van der Waals surface area contributed by atoms with Crippen molar-refractivity contribution in [1.29, 1.82) is 0 Å². The molecule has 5 nitrogen and oxygen atoms in total. The molecule has 1 atom stereocenters. The fourth-order valence-corrected chi connectivity index (χ4v) is 1.92. The largest absolute Gasteiger partial charge is 0.368 e. The zero-order chi connectivity index (χ0) is 12.0. The van der Waals surface area contributed by atoms with E-state index in [-0.39, 0.29) is 17.9 Å². The van der Waals surface area contributed by atoms with E-state index in [1.54, 1.807) is 0 Å². The summed E-state index contributed by atoms with van der Waals surface area (Å²) in [4.78, 5) is 24.5. The number of rotatable bonds is 6. The molecule has 0 radical (unpaired) electrons. The van der Waals surface area contributed by atoms with Crippen LogP contribution >= 0.6 is 0 Å². The van der Waals surface area contributed by atoms with Gasteiger partial charge in [-0.3, -0.25) is 9.59 Å². The molecule has 5 heteroatoms. The Labute approximate surface area is 96.4 Å². The van der Waals surface area contributed by atoms with Gasteiger partial charge in [0.15, 0.2) is 0 Å². The predicted molar refractivity (Wildman–Crippen MR) is 61.7 cm³/mol. The van der Waals surface area contributed by atoms with Crippen LogP contribution in [0.3, 0.4) is 0 Å². The van der Waals surface area contributed by atoms with E-state index in [9.17, 15) is 9.59 Å². The van der Waals surface area contributed by atoms with Gasteiger partial charge in [0.1, 0.15) is 0 Å². The molecule has 1 fully saturated rings. The molecule has 1 heterocycles. The van der Waals surface area contributed by atoms with Crippen molar-refractivity contribution >= 4 is 11.8 Å². The first-order chi connectivity index (χ1) is 7.65. The molecule has 1 aliphatic rings. The first-order valence-electron chi connectivity index (χ1n) is 5.95. The molecule has 0 aromatic carbocycles. The van der Waals surface area contributed by atoms with Crippen LogP contribution in [0, 0.1) is 0 Å². The third-order valence-corrected chi connectivity index (χ3v) is 2.94. The van der Waals surface area contributed by atoms with Gasteiger partial charge in [0.05, 0.1) is 6.04 Å². The van der Waals surface area contributed by atoms with Crippen molar-refractivity contribution in [2.45, 2.75) is 38.6 Å². The van der Waals surface area contributed by atoms with Crippen LogP contribution in [0.1, 0.15) is 32.6 Å². The summed E-state index contributed by atoms with van der Waals surface area (Å²) in [5.41, 5.74) is 5.19. The molecule has 1 aliphatic heterocycles.